The lowest BCUT2D eigenvalue weighted by atomic mass is 9.91. The van der Waals surface area contributed by atoms with Crippen LogP contribution in [0.2, 0.25) is 0 Å². The van der Waals surface area contributed by atoms with Crippen molar-refractivity contribution in [3.8, 4) is 11.3 Å². The van der Waals surface area contributed by atoms with Crippen LogP contribution in [-0.4, -0.2) is 20.9 Å². The Labute approximate surface area is 142 Å². The molecule has 0 saturated heterocycles. The molecule has 4 rings (SSSR count). The molecule has 1 aliphatic rings. The number of halogens is 1. The van der Waals surface area contributed by atoms with E-state index in [0.29, 0.717) is 11.3 Å². The number of hydrogen-bond acceptors (Lipinski definition) is 4. The zero-order valence-electron chi connectivity index (χ0n) is 12.9. The lowest BCUT2D eigenvalue weighted by Gasteiger charge is -2.16. The maximum atomic E-state index is 13.5. The highest BCUT2D eigenvalue weighted by Crippen LogP contribution is 2.32. The highest BCUT2D eigenvalue weighted by molar-refractivity contribution is 7.12. The molecule has 0 aliphatic heterocycles. The van der Waals surface area contributed by atoms with Crippen molar-refractivity contribution in [2.45, 2.75) is 13.3 Å². The van der Waals surface area contributed by atoms with Gasteiger partial charge in [0.25, 0.3) is 0 Å². The van der Waals surface area contributed by atoms with E-state index in [1.165, 1.54) is 17.4 Å². The summed E-state index contributed by atoms with van der Waals surface area (Å²) in [4.78, 5) is 15.9. The fourth-order valence-electron chi connectivity index (χ4n) is 2.85. The number of rotatable bonds is 3. The van der Waals surface area contributed by atoms with Gasteiger partial charge in [-0.3, -0.25) is 4.79 Å². The second-order valence-electron chi connectivity index (χ2n) is 5.86. The van der Waals surface area contributed by atoms with E-state index in [4.69, 9.17) is 0 Å². The monoisotopic (exact) mass is 339 g/mol. The summed E-state index contributed by atoms with van der Waals surface area (Å²) in [6, 6.07) is 3.79. The normalized spacial score (nSPS) is 17.7. The summed E-state index contributed by atoms with van der Waals surface area (Å²) >= 11 is 1.39. The molecule has 4 nitrogen and oxygen atoms in total. The summed E-state index contributed by atoms with van der Waals surface area (Å²) in [6.07, 6.45) is 8.35. The van der Waals surface area contributed by atoms with E-state index in [2.05, 4.69) is 10.1 Å². The molecule has 0 radical (unpaired) electrons. The van der Waals surface area contributed by atoms with Crippen LogP contribution in [0.25, 0.3) is 22.5 Å². The summed E-state index contributed by atoms with van der Waals surface area (Å²) in [6.45, 7) is 1.87. The van der Waals surface area contributed by atoms with E-state index in [9.17, 15) is 9.18 Å². The Hall–Kier alpha value is -2.60. The lowest BCUT2D eigenvalue weighted by Crippen LogP contribution is -2.03. The molecule has 3 aromatic rings. The van der Waals surface area contributed by atoms with Gasteiger partial charge in [0.1, 0.15) is 5.83 Å². The second kappa shape index (κ2) is 5.79. The molecule has 0 N–H and O–H groups in total. The number of aromatic nitrogens is 3. The minimum atomic E-state index is -0.107. The van der Waals surface area contributed by atoms with Gasteiger partial charge in [0.05, 0.1) is 23.0 Å². The Bertz CT molecular complexity index is 999. The topological polar surface area (TPSA) is 47.3 Å². The van der Waals surface area contributed by atoms with Crippen molar-refractivity contribution in [2.75, 3.05) is 0 Å². The Kier molecular flexibility index (Phi) is 3.61. The summed E-state index contributed by atoms with van der Waals surface area (Å²) in [5, 5.41) is 6.41. The van der Waals surface area contributed by atoms with Crippen LogP contribution in [0.3, 0.4) is 0 Å². The first-order valence-corrected chi connectivity index (χ1v) is 8.48. The summed E-state index contributed by atoms with van der Waals surface area (Å²) in [5.74, 6) is -0.191. The Morgan fingerprint density at radius 2 is 2.17 bits per heavy atom. The molecule has 0 spiro atoms. The van der Waals surface area contributed by atoms with Gasteiger partial charge in [0.15, 0.2) is 11.9 Å². The molecule has 1 unspecified atom stereocenters. The lowest BCUT2D eigenvalue weighted by molar-refractivity contribution is 0.112. The molecule has 1 atom stereocenters. The van der Waals surface area contributed by atoms with E-state index in [-0.39, 0.29) is 11.7 Å². The van der Waals surface area contributed by atoms with E-state index in [1.54, 1.807) is 16.9 Å². The van der Waals surface area contributed by atoms with Gasteiger partial charge in [0, 0.05) is 22.4 Å². The predicted molar refractivity (Wildman–Crippen MR) is 92.6 cm³/mol. The quantitative estimate of drug-likeness (QED) is 0.658. The Balaban J connectivity index is 1.74. The van der Waals surface area contributed by atoms with E-state index >= 15 is 0 Å². The first-order valence-electron chi connectivity index (χ1n) is 7.60. The molecule has 6 heteroatoms. The van der Waals surface area contributed by atoms with Crippen molar-refractivity contribution in [1.82, 2.24) is 14.6 Å². The number of fused-ring (bicyclic) bond motifs is 1. The SMILES string of the molecule is CC1CC(c2cnn3c(-c4csc(C=O)c4)cnc3c2)=CC=C1F. The van der Waals surface area contributed by atoms with Crippen LogP contribution in [0, 0.1) is 5.92 Å². The fraction of sp³-hybridized carbons (Fsp3) is 0.167. The van der Waals surface area contributed by atoms with Gasteiger partial charge in [-0.1, -0.05) is 13.0 Å². The van der Waals surface area contributed by atoms with Crippen LogP contribution in [0.5, 0.6) is 0 Å². The zero-order valence-corrected chi connectivity index (χ0v) is 13.8. The molecule has 24 heavy (non-hydrogen) atoms. The van der Waals surface area contributed by atoms with E-state index in [1.807, 2.05) is 30.5 Å². The maximum absolute atomic E-state index is 13.5. The van der Waals surface area contributed by atoms with Gasteiger partial charge in [-0.25, -0.2) is 13.9 Å². The third-order valence-corrected chi connectivity index (χ3v) is 5.06. The molecule has 0 saturated carbocycles. The number of carbonyl (C=O) groups is 1. The Morgan fingerprint density at radius 1 is 1.29 bits per heavy atom. The summed E-state index contributed by atoms with van der Waals surface area (Å²) in [5.41, 5.74) is 4.50. The summed E-state index contributed by atoms with van der Waals surface area (Å²) in [7, 11) is 0. The van der Waals surface area contributed by atoms with Crippen molar-refractivity contribution in [3.63, 3.8) is 0 Å². The van der Waals surface area contributed by atoms with Crippen molar-refractivity contribution in [3.05, 3.63) is 58.3 Å². The van der Waals surface area contributed by atoms with Gasteiger partial charge in [0.2, 0.25) is 0 Å². The molecule has 0 aromatic carbocycles. The van der Waals surface area contributed by atoms with Crippen molar-refractivity contribution in [1.29, 1.82) is 0 Å². The van der Waals surface area contributed by atoms with E-state index in [0.717, 1.165) is 34.3 Å². The van der Waals surface area contributed by atoms with Gasteiger partial charge in [-0.15, -0.1) is 11.3 Å². The first kappa shape index (κ1) is 15.0. The maximum Gasteiger partial charge on any atom is 0.160 e. The molecule has 3 aromatic heterocycles. The number of thiophene rings is 1. The van der Waals surface area contributed by atoms with E-state index < -0.39 is 0 Å². The van der Waals surface area contributed by atoms with Gasteiger partial charge in [-0.2, -0.15) is 5.10 Å². The van der Waals surface area contributed by atoms with Crippen LogP contribution in [0.15, 0.2) is 47.9 Å². The smallest absolute Gasteiger partial charge is 0.160 e. The average molecular weight is 339 g/mol. The van der Waals surface area contributed by atoms with Gasteiger partial charge < -0.3 is 0 Å². The molecule has 0 amide bonds. The largest absolute Gasteiger partial charge is 0.297 e. The third kappa shape index (κ3) is 2.49. The number of carbonyl (C=O) groups excluding carboxylic acids is 1. The van der Waals surface area contributed by atoms with Crippen LogP contribution >= 0.6 is 11.3 Å². The highest BCUT2D eigenvalue weighted by Gasteiger charge is 2.17. The number of hydrogen-bond donors (Lipinski definition) is 0. The van der Waals surface area contributed by atoms with Crippen LogP contribution < -0.4 is 0 Å². The molecular formula is C18H14FN3OS. The van der Waals surface area contributed by atoms with Crippen molar-refractivity contribution >= 4 is 28.8 Å². The average Bonchev–Trinajstić information content (AvgIpc) is 3.22. The number of aldehydes is 1. The molecule has 0 bridgehead atoms. The second-order valence-corrected chi connectivity index (χ2v) is 6.80. The minimum absolute atomic E-state index is 0.0840. The van der Waals surface area contributed by atoms with Crippen LogP contribution in [0.1, 0.15) is 28.6 Å². The zero-order chi connectivity index (χ0) is 16.7. The van der Waals surface area contributed by atoms with Crippen molar-refractivity contribution < 1.29 is 9.18 Å². The van der Waals surface area contributed by atoms with Crippen molar-refractivity contribution in [2.24, 2.45) is 5.92 Å². The molecule has 3 heterocycles. The number of allylic oxidation sites excluding steroid dienone is 4. The fourth-order valence-corrected chi connectivity index (χ4v) is 3.55. The molecule has 0 fully saturated rings. The predicted octanol–water partition coefficient (Wildman–Crippen LogP) is 4.55. The van der Waals surface area contributed by atoms with Crippen LogP contribution in [0.4, 0.5) is 4.39 Å². The van der Waals surface area contributed by atoms with Crippen LogP contribution in [-0.2, 0) is 0 Å². The number of nitrogens with zero attached hydrogens (tertiary/aromatic N) is 3. The molecule has 1 aliphatic carbocycles. The standard InChI is InChI=1S/C18H14FN3OS/c1-11-4-12(2-3-16(11)19)13-6-18-20-8-17(22(18)21-7-13)14-5-15(9-23)24-10-14/h2-3,5-11H,4H2,1H3. The first-order chi connectivity index (χ1) is 11.7. The van der Waals surface area contributed by atoms with Gasteiger partial charge >= 0.3 is 0 Å². The number of imidazole rings is 1. The van der Waals surface area contributed by atoms with Gasteiger partial charge in [-0.05, 0) is 30.2 Å². The third-order valence-electron chi connectivity index (χ3n) is 4.20. The summed E-state index contributed by atoms with van der Waals surface area (Å²) < 4.78 is 15.3. The highest BCUT2D eigenvalue weighted by atomic mass is 32.1. The minimum Gasteiger partial charge on any atom is -0.297 e. The molecular weight excluding hydrogens is 325 g/mol. The molecule has 120 valence electrons. The Morgan fingerprint density at radius 3 is 2.92 bits per heavy atom.